The van der Waals surface area contributed by atoms with E-state index in [0.717, 1.165) is 16.6 Å². The average molecular weight is 330 g/mol. The summed E-state index contributed by atoms with van der Waals surface area (Å²) >= 11 is 3.27. The van der Waals surface area contributed by atoms with Gasteiger partial charge in [0.1, 0.15) is 5.82 Å². The second kappa shape index (κ2) is 5.65. The third-order valence-electron chi connectivity index (χ3n) is 2.73. The predicted molar refractivity (Wildman–Crippen MR) is 72.5 cm³/mol. The van der Waals surface area contributed by atoms with Crippen molar-refractivity contribution in [2.24, 2.45) is 0 Å². The van der Waals surface area contributed by atoms with Gasteiger partial charge in [0.2, 0.25) is 0 Å². The third kappa shape index (κ3) is 3.29. The van der Waals surface area contributed by atoms with Gasteiger partial charge in [0.25, 0.3) is 0 Å². The minimum Gasteiger partial charge on any atom is -0.378 e. The lowest BCUT2D eigenvalue weighted by atomic mass is 10.1. The lowest BCUT2D eigenvalue weighted by molar-refractivity contribution is 0.509. The van der Waals surface area contributed by atoms with Crippen LogP contribution in [0.4, 0.5) is 18.9 Å². The van der Waals surface area contributed by atoms with Crippen LogP contribution in [0, 0.1) is 17.5 Å². The molecule has 0 saturated carbocycles. The minimum absolute atomic E-state index is 0.356. The number of rotatable bonds is 3. The fourth-order valence-corrected chi connectivity index (χ4v) is 2.14. The average Bonchev–Trinajstić information content (AvgIpc) is 2.36. The summed E-state index contributed by atoms with van der Waals surface area (Å²) in [6.07, 6.45) is 0. The van der Waals surface area contributed by atoms with Crippen LogP contribution in [0.25, 0.3) is 0 Å². The Bertz CT molecular complexity index is 601. The fraction of sp³-hybridized carbons (Fsp3) is 0.143. The van der Waals surface area contributed by atoms with Gasteiger partial charge in [0, 0.05) is 21.8 Å². The molecule has 19 heavy (non-hydrogen) atoms. The predicted octanol–water partition coefficient (Wildman–Crippen LogP) is 5.04. The molecular weight excluding hydrogens is 319 g/mol. The Balaban J connectivity index is 2.22. The van der Waals surface area contributed by atoms with E-state index >= 15 is 0 Å². The number of hydrogen-bond acceptors (Lipinski definition) is 1. The van der Waals surface area contributed by atoms with Gasteiger partial charge in [-0.3, -0.25) is 0 Å². The molecule has 0 aliphatic carbocycles. The Morgan fingerprint density at radius 1 is 0.947 bits per heavy atom. The van der Waals surface area contributed by atoms with Gasteiger partial charge in [-0.2, -0.15) is 0 Å². The quantitative estimate of drug-likeness (QED) is 0.831. The molecule has 0 heterocycles. The standard InChI is InChI=1S/C14H11BrF3N/c1-8(11-6-9(15)2-4-12(11)16)19-10-3-5-13(17)14(18)7-10/h2-8,19H,1H3. The Hall–Kier alpha value is -1.49. The van der Waals surface area contributed by atoms with Crippen molar-refractivity contribution >= 4 is 21.6 Å². The van der Waals surface area contributed by atoms with E-state index in [9.17, 15) is 13.2 Å². The van der Waals surface area contributed by atoms with Crippen LogP contribution in [0.1, 0.15) is 18.5 Å². The van der Waals surface area contributed by atoms with Gasteiger partial charge in [-0.25, -0.2) is 13.2 Å². The van der Waals surface area contributed by atoms with Crippen molar-refractivity contribution in [2.45, 2.75) is 13.0 Å². The molecule has 2 aromatic carbocycles. The first-order valence-corrected chi connectivity index (χ1v) is 6.43. The van der Waals surface area contributed by atoms with Gasteiger partial charge in [-0.1, -0.05) is 15.9 Å². The van der Waals surface area contributed by atoms with Crippen LogP contribution in [0.15, 0.2) is 40.9 Å². The molecule has 1 nitrogen and oxygen atoms in total. The number of anilines is 1. The summed E-state index contributed by atoms with van der Waals surface area (Å²) in [5.74, 6) is -2.20. The highest BCUT2D eigenvalue weighted by Gasteiger charge is 2.12. The summed E-state index contributed by atoms with van der Waals surface area (Å²) in [7, 11) is 0. The maximum Gasteiger partial charge on any atom is 0.160 e. The molecule has 0 saturated heterocycles. The second-order valence-electron chi connectivity index (χ2n) is 4.16. The lowest BCUT2D eigenvalue weighted by Gasteiger charge is -2.17. The summed E-state index contributed by atoms with van der Waals surface area (Å²) in [4.78, 5) is 0. The van der Waals surface area contributed by atoms with Crippen LogP contribution < -0.4 is 5.32 Å². The first-order chi connectivity index (χ1) is 8.97. The van der Waals surface area contributed by atoms with E-state index in [1.54, 1.807) is 19.1 Å². The molecule has 0 fully saturated rings. The van der Waals surface area contributed by atoms with Crippen molar-refractivity contribution in [3.63, 3.8) is 0 Å². The normalized spacial score (nSPS) is 12.3. The summed E-state index contributed by atoms with van der Waals surface area (Å²) in [5.41, 5.74) is 0.838. The van der Waals surface area contributed by atoms with Crippen molar-refractivity contribution in [3.8, 4) is 0 Å². The molecule has 0 radical (unpaired) electrons. The van der Waals surface area contributed by atoms with Gasteiger partial charge in [0.15, 0.2) is 11.6 Å². The highest BCUT2D eigenvalue weighted by Crippen LogP contribution is 2.25. The monoisotopic (exact) mass is 329 g/mol. The van der Waals surface area contributed by atoms with Crippen molar-refractivity contribution in [2.75, 3.05) is 5.32 Å². The zero-order chi connectivity index (χ0) is 14.0. The first kappa shape index (κ1) is 13.9. The summed E-state index contributed by atoms with van der Waals surface area (Å²) in [6, 6.07) is 7.70. The van der Waals surface area contributed by atoms with Crippen LogP contribution in [0.2, 0.25) is 0 Å². The molecular formula is C14H11BrF3N. The lowest BCUT2D eigenvalue weighted by Crippen LogP contribution is -2.09. The maximum atomic E-state index is 13.7. The van der Waals surface area contributed by atoms with E-state index in [0.29, 0.717) is 11.3 Å². The Kier molecular flexibility index (Phi) is 4.14. The Labute approximate surface area is 117 Å². The van der Waals surface area contributed by atoms with Gasteiger partial charge in [-0.15, -0.1) is 0 Å². The molecule has 2 aromatic rings. The third-order valence-corrected chi connectivity index (χ3v) is 3.22. The zero-order valence-electron chi connectivity index (χ0n) is 10.1. The van der Waals surface area contributed by atoms with E-state index < -0.39 is 11.6 Å². The van der Waals surface area contributed by atoms with E-state index in [1.807, 2.05) is 0 Å². The molecule has 1 unspecified atom stereocenters. The first-order valence-electron chi connectivity index (χ1n) is 5.64. The van der Waals surface area contributed by atoms with E-state index in [2.05, 4.69) is 21.2 Å². The molecule has 0 amide bonds. The molecule has 1 atom stereocenters. The number of halogens is 4. The number of hydrogen-bond donors (Lipinski definition) is 1. The maximum absolute atomic E-state index is 13.7. The van der Waals surface area contributed by atoms with Gasteiger partial charge >= 0.3 is 0 Å². The molecule has 0 aromatic heterocycles. The van der Waals surface area contributed by atoms with Crippen molar-refractivity contribution in [1.29, 1.82) is 0 Å². The van der Waals surface area contributed by atoms with Gasteiger partial charge in [-0.05, 0) is 37.3 Å². The van der Waals surface area contributed by atoms with Gasteiger partial charge in [0.05, 0.1) is 6.04 Å². The van der Waals surface area contributed by atoms with Crippen LogP contribution >= 0.6 is 15.9 Å². The van der Waals surface area contributed by atoms with E-state index in [1.165, 1.54) is 12.1 Å². The zero-order valence-corrected chi connectivity index (χ0v) is 11.6. The van der Waals surface area contributed by atoms with E-state index in [-0.39, 0.29) is 11.9 Å². The number of nitrogens with one attached hydrogen (secondary N) is 1. The van der Waals surface area contributed by atoms with Crippen LogP contribution in [-0.2, 0) is 0 Å². The molecule has 5 heteroatoms. The highest BCUT2D eigenvalue weighted by atomic mass is 79.9. The molecule has 0 spiro atoms. The van der Waals surface area contributed by atoms with Crippen LogP contribution in [0.3, 0.4) is 0 Å². The minimum atomic E-state index is -0.938. The largest absolute Gasteiger partial charge is 0.378 e. The van der Waals surface area contributed by atoms with Crippen LogP contribution in [-0.4, -0.2) is 0 Å². The second-order valence-corrected chi connectivity index (χ2v) is 5.08. The highest BCUT2D eigenvalue weighted by molar-refractivity contribution is 9.10. The fourth-order valence-electron chi connectivity index (χ4n) is 1.76. The molecule has 0 aliphatic rings. The molecule has 0 aliphatic heterocycles. The Morgan fingerprint density at radius 2 is 1.63 bits per heavy atom. The van der Waals surface area contributed by atoms with E-state index in [4.69, 9.17) is 0 Å². The Morgan fingerprint density at radius 3 is 2.32 bits per heavy atom. The SMILES string of the molecule is CC(Nc1ccc(F)c(F)c1)c1cc(Br)ccc1F. The van der Waals surface area contributed by atoms with Gasteiger partial charge < -0.3 is 5.32 Å². The van der Waals surface area contributed by atoms with Crippen LogP contribution in [0.5, 0.6) is 0 Å². The summed E-state index contributed by atoms with van der Waals surface area (Å²) in [5, 5.41) is 2.93. The number of benzene rings is 2. The smallest absolute Gasteiger partial charge is 0.160 e. The summed E-state index contributed by atoms with van der Waals surface area (Å²) in [6.45, 7) is 1.74. The van der Waals surface area contributed by atoms with Crippen molar-refractivity contribution < 1.29 is 13.2 Å². The molecule has 2 rings (SSSR count). The topological polar surface area (TPSA) is 12.0 Å². The summed E-state index contributed by atoms with van der Waals surface area (Å²) < 4.78 is 40.3. The van der Waals surface area contributed by atoms with Crippen molar-refractivity contribution in [3.05, 3.63) is 63.9 Å². The van der Waals surface area contributed by atoms with Crippen molar-refractivity contribution in [1.82, 2.24) is 0 Å². The molecule has 0 bridgehead atoms. The molecule has 100 valence electrons. The molecule has 1 N–H and O–H groups in total.